The van der Waals surface area contributed by atoms with Crippen LogP contribution in [-0.4, -0.2) is 43.8 Å². The second-order valence-corrected chi connectivity index (χ2v) is 6.91. The van der Waals surface area contributed by atoms with Crippen LogP contribution in [0, 0.1) is 5.82 Å². The molecule has 0 saturated carbocycles. The second-order valence-electron chi connectivity index (χ2n) is 6.12. The standard InChI is InChI=1S/C16H14BrFN4O3/c17-14-9(18)1-2-10-13(14)15-19-12(23)7-11(22(15)20-10)8-3-5-21(6-4-8)16(24)25/h1-2,7-8H,3-6H2,(H,19,23)(H,24,25). The van der Waals surface area contributed by atoms with Gasteiger partial charge in [0.2, 0.25) is 0 Å². The summed E-state index contributed by atoms with van der Waals surface area (Å²) in [5, 5.41) is 14.1. The molecular formula is C16H14BrFN4O3. The van der Waals surface area contributed by atoms with Gasteiger partial charge in [-0.2, -0.15) is 5.10 Å². The topological polar surface area (TPSA) is 90.7 Å². The van der Waals surface area contributed by atoms with Crippen molar-refractivity contribution in [1.29, 1.82) is 0 Å². The maximum atomic E-state index is 13.9. The van der Waals surface area contributed by atoms with E-state index in [0.29, 0.717) is 48.2 Å². The molecule has 3 heterocycles. The number of halogens is 2. The fourth-order valence-electron chi connectivity index (χ4n) is 3.42. The smallest absolute Gasteiger partial charge is 0.407 e. The number of carbonyl (C=O) groups is 1. The van der Waals surface area contributed by atoms with Crippen LogP contribution in [0.1, 0.15) is 24.5 Å². The molecule has 130 valence electrons. The summed E-state index contributed by atoms with van der Waals surface area (Å²) < 4.78 is 15.8. The van der Waals surface area contributed by atoms with E-state index in [1.165, 1.54) is 17.0 Å². The first-order valence-corrected chi connectivity index (χ1v) is 8.62. The van der Waals surface area contributed by atoms with Crippen molar-refractivity contribution < 1.29 is 14.3 Å². The molecule has 7 nitrogen and oxygen atoms in total. The minimum absolute atomic E-state index is 0.0123. The van der Waals surface area contributed by atoms with Crippen molar-refractivity contribution in [3.63, 3.8) is 0 Å². The fourth-order valence-corrected chi connectivity index (χ4v) is 3.94. The normalized spacial score (nSPS) is 16.0. The van der Waals surface area contributed by atoms with Crippen molar-refractivity contribution in [3.05, 3.63) is 44.5 Å². The van der Waals surface area contributed by atoms with Crippen molar-refractivity contribution in [2.75, 3.05) is 13.1 Å². The van der Waals surface area contributed by atoms with Crippen molar-refractivity contribution in [1.82, 2.24) is 19.5 Å². The zero-order chi connectivity index (χ0) is 17.7. The first-order valence-electron chi connectivity index (χ1n) is 7.83. The third-order valence-electron chi connectivity index (χ3n) is 4.68. The summed E-state index contributed by atoms with van der Waals surface area (Å²) in [6.45, 7) is 0.820. The Balaban J connectivity index is 1.86. The Morgan fingerprint density at radius 2 is 2.08 bits per heavy atom. The number of hydrogen-bond donors (Lipinski definition) is 2. The number of aromatic amines is 1. The SMILES string of the molecule is O=C(O)N1CCC(c2cc(=O)[nH]c3c4c(Br)c(F)ccc4nn23)CC1. The van der Waals surface area contributed by atoms with Crippen LogP contribution in [0.15, 0.2) is 27.5 Å². The van der Waals surface area contributed by atoms with E-state index >= 15 is 0 Å². The number of nitrogens with zero attached hydrogens (tertiary/aromatic N) is 3. The molecular weight excluding hydrogens is 395 g/mol. The maximum Gasteiger partial charge on any atom is 0.407 e. The molecule has 1 saturated heterocycles. The average molecular weight is 409 g/mol. The lowest BCUT2D eigenvalue weighted by molar-refractivity contribution is 0.131. The quantitative estimate of drug-likeness (QED) is 0.647. The number of fused-ring (bicyclic) bond motifs is 3. The Morgan fingerprint density at radius 1 is 1.36 bits per heavy atom. The Bertz CT molecular complexity index is 1050. The number of benzene rings is 1. The number of carboxylic acid groups (broad SMARTS) is 1. The minimum Gasteiger partial charge on any atom is -0.465 e. The van der Waals surface area contributed by atoms with Crippen LogP contribution in [0.25, 0.3) is 16.6 Å². The minimum atomic E-state index is -0.932. The Kier molecular flexibility index (Phi) is 3.75. The molecule has 2 N–H and O–H groups in total. The largest absolute Gasteiger partial charge is 0.465 e. The number of amides is 1. The van der Waals surface area contributed by atoms with E-state index in [4.69, 9.17) is 5.11 Å². The van der Waals surface area contributed by atoms with E-state index in [2.05, 4.69) is 26.0 Å². The van der Waals surface area contributed by atoms with Crippen LogP contribution in [0.4, 0.5) is 9.18 Å². The Labute approximate surface area is 149 Å². The predicted octanol–water partition coefficient (Wildman–Crippen LogP) is 2.93. The predicted molar refractivity (Wildman–Crippen MR) is 92.5 cm³/mol. The lowest BCUT2D eigenvalue weighted by atomic mass is 9.93. The second kappa shape index (κ2) is 5.83. The van der Waals surface area contributed by atoms with Crippen LogP contribution in [0.3, 0.4) is 0 Å². The van der Waals surface area contributed by atoms with Gasteiger partial charge in [-0.15, -0.1) is 0 Å². The molecule has 0 atom stereocenters. The number of rotatable bonds is 1. The van der Waals surface area contributed by atoms with Crippen LogP contribution >= 0.6 is 15.9 Å². The number of H-pyrrole nitrogens is 1. The van der Waals surface area contributed by atoms with E-state index in [0.717, 1.165) is 0 Å². The van der Waals surface area contributed by atoms with E-state index in [1.54, 1.807) is 10.6 Å². The zero-order valence-corrected chi connectivity index (χ0v) is 14.6. The van der Waals surface area contributed by atoms with Gasteiger partial charge >= 0.3 is 6.09 Å². The Hall–Kier alpha value is -2.42. The van der Waals surface area contributed by atoms with Gasteiger partial charge in [0.05, 0.1) is 21.1 Å². The van der Waals surface area contributed by atoms with Crippen LogP contribution < -0.4 is 5.56 Å². The molecule has 1 fully saturated rings. The van der Waals surface area contributed by atoms with Gasteiger partial charge in [0.25, 0.3) is 5.56 Å². The molecule has 0 radical (unpaired) electrons. The fraction of sp³-hybridized carbons (Fsp3) is 0.312. The van der Waals surface area contributed by atoms with Gasteiger partial charge in [-0.25, -0.2) is 13.7 Å². The summed E-state index contributed by atoms with van der Waals surface area (Å²) >= 11 is 3.23. The molecule has 3 aromatic rings. The van der Waals surface area contributed by atoms with Crippen LogP contribution in [0.5, 0.6) is 0 Å². The number of nitrogens with one attached hydrogen (secondary N) is 1. The van der Waals surface area contributed by atoms with Gasteiger partial charge < -0.3 is 15.0 Å². The molecule has 0 bridgehead atoms. The van der Waals surface area contributed by atoms with Gasteiger partial charge in [-0.05, 0) is 40.9 Å². The molecule has 25 heavy (non-hydrogen) atoms. The highest BCUT2D eigenvalue weighted by molar-refractivity contribution is 9.10. The van der Waals surface area contributed by atoms with Crippen molar-refractivity contribution in [3.8, 4) is 0 Å². The van der Waals surface area contributed by atoms with Crippen molar-refractivity contribution in [2.45, 2.75) is 18.8 Å². The number of aromatic nitrogens is 3. The average Bonchev–Trinajstić information content (AvgIpc) is 2.96. The maximum absolute atomic E-state index is 13.9. The third-order valence-corrected chi connectivity index (χ3v) is 5.45. The summed E-state index contributed by atoms with van der Waals surface area (Å²) in [5.41, 5.74) is 1.43. The molecule has 1 aliphatic heterocycles. The van der Waals surface area contributed by atoms with Gasteiger partial charge in [-0.3, -0.25) is 4.79 Å². The summed E-state index contributed by atoms with van der Waals surface area (Å²) in [6, 6.07) is 4.38. The third kappa shape index (κ3) is 2.58. The summed E-state index contributed by atoms with van der Waals surface area (Å²) in [6.07, 6.45) is 0.284. The molecule has 0 aliphatic carbocycles. The first kappa shape index (κ1) is 16.1. The van der Waals surface area contributed by atoms with E-state index in [-0.39, 0.29) is 15.9 Å². The van der Waals surface area contributed by atoms with Gasteiger partial charge in [0, 0.05) is 25.1 Å². The molecule has 0 unspecified atom stereocenters. The number of hydrogen-bond acceptors (Lipinski definition) is 3. The lowest BCUT2D eigenvalue weighted by Crippen LogP contribution is -2.37. The van der Waals surface area contributed by atoms with E-state index in [1.807, 2.05) is 0 Å². The summed E-state index contributed by atoms with van der Waals surface area (Å²) in [7, 11) is 0. The van der Waals surface area contributed by atoms with Gasteiger partial charge in [-0.1, -0.05) is 0 Å². The first-order chi connectivity index (χ1) is 12.0. The molecule has 9 heteroatoms. The van der Waals surface area contributed by atoms with Gasteiger partial charge in [0.1, 0.15) is 11.5 Å². The highest BCUT2D eigenvalue weighted by atomic mass is 79.9. The summed E-state index contributed by atoms with van der Waals surface area (Å²) in [5.74, 6) is -0.415. The summed E-state index contributed by atoms with van der Waals surface area (Å²) in [4.78, 5) is 27.3. The molecule has 0 spiro atoms. The highest BCUT2D eigenvalue weighted by Gasteiger charge is 2.26. The molecule has 1 aromatic carbocycles. The van der Waals surface area contributed by atoms with Crippen molar-refractivity contribution in [2.24, 2.45) is 0 Å². The van der Waals surface area contributed by atoms with Crippen LogP contribution in [0.2, 0.25) is 0 Å². The molecule has 1 aliphatic rings. The van der Waals surface area contributed by atoms with E-state index in [9.17, 15) is 14.0 Å². The molecule has 2 aromatic heterocycles. The van der Waals surface area contributed by atoms with E-state index < -0.39 is 11.9 Å². The highest BCUT2D eigenvalue weighted by Crippen LogP contribution is 2.32. The molecule has 4 rings (SSSR count). The monoisotopic (exact) mass is 408 g/mol. The number of piperidine rings is 1. The zero-order valence-electron chi connectivity index (χ0n) is 13.0. The van der Waals surface area contributed by atoms with Gasteiger partial charge in [0.15, 0.2) is 0 Å². The Morgan fingerprint density at radius 3 is 2.76 bits per heavy atom. The van der Waals surface area contributed by atoms with Crippen molar-refractivity contribution >= 4 is 38.6 Å². The number of likely N-dealkylation sites (tertiary alicyclic amines) is 1. The van der Waals surface area contributed by atoms with Crippen LogP contribution in [-0.2, 0) is 0 Å². The lowest BCUT2D eigenvalue weighted by Gasteiger charge is -2.30. The molecule has 1 amide bonds.